The third kappa shape index (κ3) is 4.46. The highest BCUT2D eigenvalue weighted by atomic mass is 35.5. The van der Waals surface area contributed by atoms with Crippen molar-refractivity contribution in [2.45, 2.75) is 19.4 Å². The van der Waals surface area contributed by atoms with Crippen molar-refractivity contribution in [2.75, 3.05) is 19.0 Å². The normalized spacial score (nSPS) is 13.6. The quantitative estimate of drug-likeness (QED) is 0.798. The highest BCUT2D eigenvalue weighted by Gasteiger charge is 2.20. The van der Waals surface area contributed by atoms with Crippen molar-refractivity contribution < 1.29 is 19.1 Å². The van der Waals surface area contributed by atoms with Crippen LogP contribution >= 0.6 is 11.6 Å². The number of halogens is 1. The summed E-state index contributed by atoms with van der Waals surface area (Å²) in [5, 5.41) is 3.03. The predicted octanol–water partition coefficient (Wildman–Crippen LogP) is 3.50. The minimum Gasteiger partial charge on any atom is -0.465 e. The molecule has 1 aliphatic heterocycles. The van der Waals surface area contributed by atoms with Crippen LogP contribution in [0.2, 0.25) is 5.02 Å². The number of likely N-dealkylation sites (tertiary alicyclic amines) is 1. The van der Waals surface area contributed by atoms with Crippen molar-refractivity contribution >= 4 is 35.1 Å². The van der Waals surface area contributed by atoms with Crippen LogP contribution < -0.4 is 5.32 Å². The largest absolute Gasteiger partial charge is 0.465 e. The first-order valence-electron chi connectivity index (χ1n) is 8.54. The van der Waals surface area contributed by atoms with Gasteiger partial charge in [-0.25, -0.2) is 4.79 Å². The minimum absolute atomic E-state index is 0.135. The molecule has 7 heteroatoms. The number of anilines is 1. The van der Waals surface area contributed by atoms with Crippen LogP contribution in [0.5, 0.6) is 0 Å². The Balaban J connectivity index is 1.75. The van der Waals surface area contributed by atoms with Crippen LogP contribution in [0, 0.1) is 0 Å². The fourth-order valence-electron chi connectivity index (χ4n) is 2.96. The molecular formula is C20H19ClN2O4. The standard InChI is InChI=1S/C20H19ClN2O4/c1-27-20(26)15-7-8-16(21)17(11-15)22-19(25)14-5-2-4-13(10-14)12-23-9-3-6-18(23)24/h2,4-5,7-8,10-11H,3,6,9,12H2,1H3,(H,22,25). The number of nitrogens with zero attached hydrogens (tertiary/aromatic N) is 1. The topological polar surface area (TPSA) is 75.7 Å². The van der Waals surface area contributed by atoms with Gasteiger partial charge in [-0.15, -0.1) is 0 Å². The number of carbonyl (C=O) groups excluding carboxylic acids is 3. The average Bonchev–Trinajstić information content (AvgIpc) is 3.07. The van der Waals surface area contributed by atoms with Gasteiger partial charge in [0.05, 0.1) is 23.4 Å². The molecule has 2 amide bonds. The van der Waals surface area contributed by atoms with Crippen LogP contribution in [0.1, 0.15) is 39.1 Å². The summed E-state index contributed by atoms with van der Waals surface area (Å²) in [6, 6.07) is 11.6. The third-order valence-corrected chi connectivity index (χ3v) is 4.70. The van der Waals surface area contributed by atoms with Gasteiger partial charge in [-0.2, -0.15) is 0 Å². The molecule has 1 aliphatic rings. The number of benzene rings is 2. The molecule has 0 saturated carbocycles. The van der Waals surface area contributed by atoms with Crippen molar-refractivity contribution in [1.82, 2.24) is 4.90 Å². The number of ether oxygens (including phenoxy) is 1. The maximum absolute atomic E-state index is 12.6. The maximum atomic E-state index is 12.6. The van der Waals surface area contributed by atoms with E-state index in [-0.39, 0.29) is 11.8 Å². The second-order valence-electron chi connectivity index (χ2n) is 6.26. The van der Waals surface area contributed by atoms with E-state index in [1.54, 1.807) is 23.1 Å². The Labute approximate surface area is 162 Å². The summed E-state index contributed by atoms with van der Waals surface area (Å²) >= 11 is 6.13. The number of nitrogens with one attached hydrogen (secondary N) is 1. The molecule has 0 bridgehead atoms. The lowest BCUT2D eigenvalue weighted by molar-refractivity contribution is -0.128. The summed E-state index contributed by atoms with van der Waals surface area (Å²) in [5.41, 5.74) is 1.94. The van der Waals surface area contributed by atoms with Crippen LogP contribution in [0.25, 0.3) is 0 Å². The molecule has 0 unspecified atom stereocenters. The summed E-state index contributed by atoms with van der Waals surface area (Å²) in [4.78, 5) is 37.8. The van der Waals surface area contributed by atoms with Gasteiger partial charge in [0, 0.05) is 25.1 Å². The van der Waals surface area contributed by atoms with Crippen LogP contribution in [-0.2, 0) is 16.1 Å². The molecule has 1 saturated heterocycles. The Bertz CT molecular complexity index is 897. The summed E-state index contributed by atoms with van der Waals surface area (Å²) in [6.07, 6.45) is 1.45. The first kappa shape index (κ1) is 18.9. The Kier molecular flexibility index (Phi) is 5.76. The molecule has 2 aromatic carbocycles. The van der Waals surface area contributed by atoms with E-state index in [4.69, 9.17) is 11.6 Å². The van der Waals surface area contributed by atoms with E-state index in [2.05, 4.69) is 10.1 Å². The van der Waals surface area contributed by atoms with E-state index in [9.17, 15) is 14.4 Å². The number of carbonyl (C=O) groups is 3. The van der Waals surface area contributed by atoms with Crippen molar-refractivity contribution in [2.24, 2.45) is 0 Å². The zero-order valence-corrected chi connectivity index (χ0v) is 15.6. The van der Waals surface area contributed by atoms with E-state index in [1.807, 2.05) is 6.07 Å². The molecule has 0 aliphatic carbocycles. The summed E-state index contributed by atoms with van der Waals surface area (Å²) in [5.74, 6) is -0.732. The Hall–Kier alpha value is -2.86. The molecule has 140 valence electrons. The SMILES string of the molecule is COC(=O)c1ccc(Cl)c(NC(=O)c2cccc(CN3CCCC3=O)c2)c1. The molecule has 0 radical (unpaired) electrons. The lowest BCUT2D eigenvalue weighted by Gasteiger charge is -2.16. The van der Waals surface area contributed by atoms with Crippen LogP contribution in [0.3, 0.4) is 0 Å². The monoisotopic (exact) mass is 386 g/mol. The van der Waals surface area contributed by atoms with E-state index in [1.165, 1.54) is 25.3 Å². The lowest BCUT2D eigenvalue weighted by Crippen LogP contribution is -2.24. The molecule has 3 rings (SSSR count). The van der Waals surface area contributed by atoms with Gasteiger partial charge in [-0.3, -0.25) is 9.59 Å². The predicted molar refractivity (Wildman–Crippen MR) is 102 cm³/mol. The summed E-state index contributed by atoms with van der Waals surface area (Å²) < 4.78 is 4.68. The number of amides is 2. The number of hydrogen-bond acceptors (Lipinski definition) is 4. The number of rotatable bonds is 5. The molecule has 2 aromatic rings. The van der Waals surface area contributed by atoms with Gasteiger partial charge in [0.1, 0.15) is 0 Å². The van der Waals surface area contributed by atoms with E-state index in [0.29, 0.717) is 34.8 Å². The summed E-state index contributed by atoms with van der Waals surface area (Å²) in [7, 11) is 1.28. The van der Waals surface area contributed by atoms with E-state index >= 15 is 0 Å². The first-order valence-corrected chi connectivity index (χ1v) is 8.91. The van der Waals surface area contributed by atoms with Gasteiger partial charge in [-0.1, -0.05) is 23.7 Å². The van der Waals surface area contributed by atoms with Gasteiger partial charge in [0.25, 0.3) is 5.91 Å². The van der Waals surface area contributed by atoms with Gasteiger partial charge in [-0.05, 0) is 42.3 Å². The van der Waals surface area contributed by atoms with Gasteiger partial charge >= 0.3 is 5.97 Å². The molecule has 0 aromatic heterocycles. The average molecular weight is 387 g/mol. The van der Waals surface area contributed by atoms with E-state index in [0.717, 1.165) is 18.5 Å². The van der Waals surface area contributed by atoms with Crippen molar-refractivity contribution in [1.29, 1.82) is 0 Å². The second kappa shape index (κ2) is 8.22. The second-order valence-corrected chi connectivity index (χ2v) is 6.67. The van der Waals surface area contributed by atoms with Gasteiger partial charge in [0.15, 0.2) is 0 Å². The Morgan fingerprint density at radius 2 is 2.00 bits per heavy atom. The van der Waals surface area contributed by atoms with Crippen molar-refractivity contribution in [3.8, 4) is 0 Å². The zero-order chi connectivity index (χ0) is 19.4. The highest BCUT2D eigenvalue weighted by molar-refractivity contribution is 6.34. The van der Waals surface area contributed by atoms with Crippen LogP contribution in [0.15, 0.2) is 42.5 Å². The minimum atomic E-state index is -0.514. The molecule has 1 N–H and O–H groups in total. The fraction of sp³-hybridized carbons (Fsp3) is 0.250. The third-order valence-electron chi connectivity index (χ3n) is 4.37. The zero-order valence-electron chi connectivity index (χ0n) is 14.8. The Morgan fingerprint density at radius 1 is 1.19 bits per heavy atom. The first-order chi connectivity index (χ1) is 13.0. The molecule has 27 heavy (non-hydrogen) atoms. The van der Waals surface area contributed by atoms with Crippen LogP contribution in [-0.4, -0.2) is 36.3 Å². The Morgan fingerprint density at radius 3 is 2.70 bits per heavy atom. The fourth-order valence-corrected chi connectivity index (χ4v) is 3.13. The molecule has 0 atom stereocenters. The van der Waals surface area contributed by atoms with Crippen molar-refractivity contribution in [3.05, 3.63) is 64.2 Å². The molecule has 1 heterocycles. The van der Waals surface area contributed by atoms with Gasteiger partial charge in [0.2, 0.25) is 5.91 Å². The van der Waals surface area contributed by atoms with Crippen molar-refractivity contribution in [3.63, 3.8) is 0 Å². The number of hydrogen-bond donors (Lipinski definition) is 1. The molecule has 0 spiro atoms. The van der Waals surface area contributed by atoms with E-state index < -0.39 is 5.97 Å². The van der Waals surface area contributed by atoms with Crippen LogP contribution in [0.4, 0.5) is 5.69 Å². The highest BCUT2D eigenvalue weighted by Crippen LogP contribution is 2.24. The molecular weight excluding hydrogens is 368 g/mol. The summed E-state index contributed by atoms with van der Waals surface area (Å²) in [6.45, 7) is 1.23. The lowest BCUT2D eigenvalue weighted by atomic mass is 10.1. The molecule has 1 fully saturated rings. The number of esters is 1. The number of methoxy groups -OCH3 is 1. The van der Waals surface area contributed by atoms with Gasteiger partial charge < -0.3 is 15.0 Å². The smallest absolute Gasteiger partial charge is 0.337 e. The maximum Gasteiger partial charge on any atom is 0.337 e. The molecule has 6 nitrogen and oxygen atoms in total.